The van der Waals surface area contributed by atoms with Crippen LogP contribution in [0.4, 0.5) is 0 Å². The largest absolute Gasteiger partial charge is 1.00 e. The number of carboxylic acid groups (broad SMARTS) is 1. The van der Waals surface area contributed by atoms with Gasteiger partial charge in [-0.15, -0.1) is 0 Å². The van der Waals surface area contributed by atoms with Crippen LogP contribution in [-0.2, 0) is 15.6 Å². The van der Waals surface area contributed by atoms with Gasteiger partial charge in [0.15, 0.2) is 0 Å². The Morgan fingerprint density at radius 2 is 1.38 bits per heavy atom. The Balaban J connectivity index is 0.0000109. The van der Waals surface area contributed by atoms with Gasteiger partial charge in [-0.3, -0.25) is 0 Å². The van der Waals surface area contributed by atoms with Gasteiger partial charge in [-0.05, 0) is 59.0 Å². The van der Waals surface area contributed by atoms with Gasteiger partial charge in [0, 0.05) is 5.56 Å². The number of unbranched alkanes of at least 4 members (excludes halogenated alkanes) is 3. The van der Waals surface area contributed by atoms with E-state index in [-0.39, 0.29) is 73.0 Å². The Labute approximate surface area is 253 Å². The van der Waals surface area contributed by atoms with E-state index in [9.17, 15) is 9.90 Å². The number of carbonyl (C=O) groups is 1. The molecule has 0 aliphatic rings. The normalized spacial score (nSPS) is 13.9. The fourth-order valence-corrected chi connectivity index (χ4v) is 5.57. The van der Waals surface area contributed by atoms with E-state index < -0.39 is 12.1 Å². The summed E-state index contributed by atoms with van der Waals surface area (Å²) >= 11 is 0. The average Bonchev–Trinajstić information content (AvgIpc) is 2.60. The Morgan fingerprint density at radius 3 is 1.85 bits per heavy atom. The number of benzene rings is 1. The van der Waals surface area contributed by atoms with Crippen LogP contribution in [0.1, 0.15) is 132 Å². The van der Waals surface area contributed by atoms with Gasteiger partial charge < -0.3 is 14.6 Å². The zero-order valence-corrected chi connectivity index (χ0v) is 27.6. The van der Waals surface area contributed by atoms with Crippen molar-refractivity contribution >= 4 is 5.97 Å². The summed E-state index contributed by atoms with van der Waals surface area (Å²) in [5.41, 5.74) is 2.53. The summed E-state index contributed by atoms with van der Waals surface area (Å²) in [6.45, 7) is 24.8. The molecule has 1 aromatic rings. The summed E-state index contributed by atoms with van der Waals surface area (Å²) < 4.78 is 6.19. The number of rotatable bonds is 12. The second-order valence-electron chi connectivity index (χ2n) is 13.7. The Morgan fingerprint density at radius 1 is 0.853 bits per heavy atom. The molecule has 0 amide bonds. The molecule has 0 saturated heterocycles. The maximum absolute atomic E-state index is 11.9. The first-order valence-electron chi connectivity index (χ1n) is 12.9. The van der Waals surface area contributed by atoms with E-state index in [1.807, 2.05) is 6.07 Å². The van der Waals surface area contributed by atoms with Crippen molar-refractivity contribution in [2.45, 2.75) is 138 Å². The van der Waals surface area contributed by atoms with E-state index in [2.05, 4.69) is 88.3 Å². The van der Waals surface area contributed by atoms with E-state index in [1.54, 1.807) is 0 Å². The van der Waals surface area contributed by atoms with Crippen molar-refractivity contribution in [3.63, 3.8) is 0 Å². The third-order valence-corrected chi connectivity index (χ3v) is 6.29. The van der Waals surface area contributed by atoms with Gasteiger partial charge in [0.2, 0.25) is 0 Å². The van der Waals surface area contributed by atoms with E-state index >= 15 is 0 Å². The molecule has 3 nitrogen and oxygen atoms in total. The van der Waals surface area contributed by atoms with Crippen LogP contribution >= 0.6 is 0 Å². The smallest absolute Gasteiger partial charge is 0.546 e. The molecule has 1 atom stereocenters. The Kier molecular flexibility index (Phi) is 13.7. The molecule has 34 heavy (non-hydrogen) atoms. The maximum Gasteiger partial charge on any atom is 1.00 e. The maximum atomic E-state index is 11.9. The van der Waals surface area contributed by atoms with Gasteiger partial charge in [0.05, 0.1) is 5.97 Å². The quantitative estimate of drug-likeness (QED) is 0.313. The minimum atomic E-state index is -1.12. The third-order valence-electron chi connectivity index (χ3n) is 6.29. The zero-order valence-electron chi connectivity index (χ0n) is 24.5. The van der Waals surface area contributed by atoms with Gasteiger partial charge in [0.25, 0.3) is 0 Å². The molecule has 0 fully saturated rings. The fraction of sp³-hybridized carbons (Fsp3) is 0.767. The fourth-order valence-electron chi connectivity index (χ4n) is 5.57. The molecule has 0 aliphatic heterocycles. The summed E-state index contributed by atoms with van der Waals surface area (Å²) in [7, 11) is 0. The van der Waals surface area contributed by atoms with Crippen LogP contribution in [0.2, 0.25) is 0 Å². The molecule has 0 N–H and O–H groups in total. The molecule has 0 aliphatic carbocycles. The standard InChI is InChI=1S/C30H52O3.K/c1-12-13-14-15-16-25(26(31)32)33-24-18-17-22(29(8,9)20-27(2,3)4)19-23(24)30(10,11)21-28(5,6)7;/h17-19,25H,12-16,20-21H2,1-11H3,(H,31,32);/q;+1/p-1. The molecule has 1 aromatic carbocycles. The number of ether oxygens (including phenoxy) is 1. The first-order valence-corrected chi connectivity index (χ1v) is 12.9. The van der Waals surface area contributed by atoms with Crippen molar-refractivity contribution in [1.29, 1.82) is 0 Å². The van der Waals surface area contributed by atoms with Crippen molar-refractivity contribution in [3.05, 3.63) is 29.3 Å². The molecule has 0 spiro atoms. The molecule has 0 heterocycles. The predicted octanol–water partition coefficient (Wildman–Crippen LogP) is 4.59. The van der Waals surface area contributed by atoms with E-state index in [0.29, 0.717) is 12.2 Å². The van der Waals surface area contributed by atoms with Crippen molar-refractivity contribution in [1.82, 2.24) is 0 Å². The van der Waals surface area contributed by atoms with Gasteiger partial charge in [-0.1, -0.05) is 108 Å². The molecule has 0 saturated carbocycles. The number of aliphatic carboxylic acids is 1. The SMILES string of the molecule is CCCCCCC(Oc1ccc(C(C)(C)CC(C)(C)C)cc1C(C)(C)CC(C)(C)C)C(=O)[O-].[K+]. The molecule has 190 valence electrons. The van der Waals surface area contributed by atoms with Crippen molar-refractivity contribution in [2.24, 2.45) is 10.8 Å². The van der Waals surface area contributed by atoms with Gasteiger partial charge in [-0.2, -0.15) is 0 Å². The second kappa shape index (κ2) is 13.6. The van der Waals surface area contributed by atoms with E-state index in [0.717, 1.165) is 44.1 Å². The number of carboxylic acids is 1. The molecule has 1 rings (SSSR count). The van der Waals surface area contributed by atoms with Crippen LogP contribution in [0.15, 0.2) is 18.2 Å². The summed E-state index contributed by atoms with van der Waals surface area (Å²) in [5, 5.41) is 11.9. The molecular weight excluding hydrogens is 447 g/mol. The molecule has 0 radical (unpaired) electrons. The minimum absolute atomic E-state index is 0. The van der Waals surface area contributed by atoms with Crippen LogP contribution in [0.5, 0.6) is 5.75 Å². The molecule has 4 heteroatoms. The zero-order chi connectivity index (χ0) is 25.7. The number of hydrogen-bond acceptors (Lipinski definition) is 3. The van der Waals surface area contributed by atoms with E-state index in [4.69, 9.17) is 4.74 Å². The van der Waals surface area contributed by atoms with Crippen LogP contribution in [0.25, 0.3) is 0 Å². The van der Waals surface area contributed by atoms with Gasteiger partial charge >= 0.3 is 51.4 Å². The molecule has 0 aromatic heterocycles. The van der Waals surface area contributed by atoms with Crippen LogP contribution in [-0.4, -0.2) is 12.1 Å². The number of hydrogen-bond donors (Lipinski definition) is 0. The Bertz CT molecular complexity index is 766. The molecular formula is C30H51KO3. The van der Waals surface area contributed by atoms with Crippen molar-refractivity contribution in [3.8, 4) is 5.75 Å². The summed E-state index contributed by atoms with van der Waals surface area (Å²) in [4.78, 5) is 11.9. The van der Waals surface area contributed by atoms with Crippen molar-refractivity contribution < 1.29 is 66.0 Å². The van der Waals surface area contributed by atoms with Crippen LogP contribution < -0.4 is 61.2 Å². The van der Waals surface area contributed by atoms with Crippen LogP contribution in [0, 0.1) is 10.8 Å². The average molecular weight is 499 g/mol. The van der Waals surface area contributed by atoms with Gasteiger partial charge in [-0.25, -0.2) is 0 Å². The summed E-state index contributed by atoms with van der Waals surface area (Å²) in [6.07, 6.45) is 5.67. The minimum Gasteiger partial charge on any atom is -0.546 e. The monoisotopic (exact) mass is 498 g/mol. The van der Waals surface area contributed by atoms with Crippen molar-refractivity contribution in [2.75, 3.05) is 0 Å². The van der Waals surface area contributed by atoms with E-state index in [1.165, 1.54) is 5.56 Å². The van der Waals surface area contributed by atoms with Crippen LogP contribution in [0.3, 0.4) is 0 Å². The first-order chi connectivity index (χ1) is 14.9. The summed E-state index contributed by atoms with van der Waals surface area (Å²) in [6, 6.07) is 6.40. The second-order valence-corrected chi connectivity index (χ2v) is 13.7. The predicted molar refractivity (Wildman–Crippen MR) is 139 cm³/mol. The first kappa shape index (κ1) is 34.1. The Hall–Kier alpha value is 0.126. The number of carbonyl (C=O) groups excluding carboxylic acids is 1. The molecule has 1 unspecified atom stereocenters. The summed E-state index contributed by atoms with van der Waals surface area (Å²) in [5.74, 6) is -0.438. The van der Waals surface area contributed by atoms with Gasteiger partial charge in [0.1, 0.15) is 11.9 Å². The topological polar surface area (TPSA) is 49.4 Å². The third kappa shape index (κ3) is 11.9. The molecule has 0 bridgehead atoms.